The highest BCUT2D eigenvalue weighted by Crippen LogP contribution is 2.68. The van der Waals surface area contributed by atoms with Crippen molar-refractivity contribution in [3.8, 4) is 0 Å². The summed E-state index contributed by atoms with van der Waals surface area (Å²) in [4.78, 5) is 28.2. The van der Waals surface area contributed by atoms with Crippen LogP contribution in [0.1, 0.15) is 70.9 Å². The first-order valence-electron chi connectivity index (χ1n) is 14.3. The Balaban J connectivity index is 1.78. The molecule has 5 N–H and O–H groups in total. The summed E-state index contributed by atoms with van der Waals surface area (Å²) in [6.45, 7) is 12.7. The molecule has 0 unspecified atom stereocenters. The first-order valence-corrected chi connectivity index (χ1v) is 14.3. The van der Waals surface area contributed by atoms with E-state index in [-0.39, 0.29) is 48.6 Å². The topological polar surface area (TPSA) is 133 Å². The van der Waals surface area contributed by atoms with Gasteiger partial charge in [0.05, 0.1) is 12.7 Å². The molecule has 212 valence electrons. The number of aliphatic carboxylic acids is 1. The Kier molecular flexibility index (Phi) is 7.06. The van der Waals surface area contributed by atoms with Gasteiger partial charge in [-0.05, 0) is 65.6 Å². The molecule has 3 fully saturated rings. The third-order valence-electron chi connectivity index (χ3n) is 11.6. The summed E-state index contributed by atoms with van der Waals surface area (Å²) in [5.41, 5.74) is 7.37. The van der Waals surface area contributed by atoms with Crippen molar-refractivity contribution in [3.63, 3.8) is 0 Å². The fraction of sp³-hybridized carbons (Fsp3) is 0.667. The first-order chi connectivity index (χ1) is 18.4. The maximum Gasteiger partial charge on any atom is 0.492 e. The summed E-state index contributed by atoms with van der Waals surface area (Å²) in [5.74, 6) is -1.03. The average Bonchev–Trinajstić information content (AvgIpc) is 3.47. The van der Waals surface area contributed by atoms with Crippen LogP contribution in [0.25, 0.3) is 0 Å². The molecule has 0 radical (unpaired) electrons. The third kappa shape index (κ3) is 3.95. The number of nitrogens with two attached hydrogens (primary N) is 1. The summed E-state index contributed by atoms with van der Waals surface area (Å²) in [5, 5.41) is 32.8. The minimum absolute atomic E-state index is 0.0959. The number of hydrogen-bond donors (Lipinski definition) is 4. The van der Waals surface area contributed by atoms with E-state index in [4.69, 9.17) is 10.4 Å². The number of ketones is 1. The van der Waals surface area contributed by atoms with Crippen LogP contribution in [0, 0.1) is 34.0 Å². The van der Waals surface area contributed by atoms with Gasteiger partial charge in [-0.3, -0.25) is 9.59 Å². The minimum Gasteiger partial charge on any atom is -0.480 e. The van der Waals surface area contributed by atoms with Crippen LogP contribution < -0.4 is 16.1 Å². The van der Waals surface area contributed by atoms with E-state index in [0.29, 0.717) is 29.6 Å². The number of Topliss-reactive ketones (excluding diaryl/α,β-unsaturated/α-hetero) is 1. The van der Waals surface area contributed by atoms with Crippen molar-refractivity contribution in [2.24, 2.45) is 39.7 Å². The molecule has 3 saturated carbocycles. The van der Waals surface area contributed by atoms with E-state index in [0.717, 1.165) is 24.8 Å². The molecule has 1 aromatic rings. The van der Waals surface area contributed by atoms with Gasteiger partial charge < -0.3 is 30.5 Å². The number of fused-ring (bicyclic) bond motifs is 1. The van der Waals surface area contributed by atoms with E-state index in [2.05, 4.69) is 27.4 Å². The van der Waals surface area contributed by atoms with Crippen molar-refractivity contribution in [2.75, 3.05) is 11.4 Å². The lowest BCUT2D eigenvalue weighted by molar-refractivity contribution is -0.164. The standard InChI is InChI=1S/C30H43BN2O6/c1-6-28(4)13-23(29(5)17(2)9-11-30(18(3)27(28)37)12-10-22(34)26(29)30)33(15-24(35)36)21-8-7-19-16-39-31(38)25(19)20(21)14-32/h6-8,17-18,23,26-27,37-38H,1,9-16,32H2,2-5H3,(H,35,36)/t17-,18+,23-,26+,27+,28-,29+,30+/m1/s1. The maximum atomic E-state index is 13.9. The molecular formula is C30H43BN2O6. The predicted octanol–water partition coefficient (Wildman–Crippen LogP) is 2.62. The van der Waals surface area contributed by atoms with Gasteiger partial charge in [0.15, 0.2) is 0 Å². The molecule has 0 amide bonds. The van der Waals surface area contributed by atoms with Crippen LogP contribution in [-0.2, 0) is 27.4 Å². The lowest BCUT2D eigenvalue weighted by atomic mass is 9.43. The summed E-state index contributed by atoms with van der Waals surface area (Å²) in [7, 11) is -1.13. The Bertz CT molecular complexity index is 1190. The Morgan fingerprint density at radius 1 is 1.31 bits per heavy atom. The fourth-order valence-corrected chi connectivity index (χ4v) is 9.19. The predicted molar refractivity (Wildman–Crippen MR) is 150 cm³/mol. The zero-order valence-corrected chi connectivity index (χ0v) is 23.7. The molecule has 8 nitrogen and oxygen atoms in total. The van der Waals surface area contributed by atoms with E-state index in [1.54, 1.807) is 0 Å². The number of carbonyl (C=O) groups excluding carboxylic acids is 1. The molecule has 1 heterocycles. The first kappa shape index (κ1) is 28.3. The number of benzene rings is 1. The number of aliphatic hydroxyl groups is 1. The van der Waals surface area contributed by atoms with E-state index in [1.165, 1.54) is 0 Å². The number of nitrogens with zero attached hydrogens (tertiary/aromatic N) is 1. The highest BCUT2D eigenvalue weighted by atomic mass is 16.5. The number of carboxylic acids is 1. The molecule has 2 bridgehead atoms. The Labute approximate surface area is 231 Å². The molecule has 0 spiro atoms. The summed E-state index contributed by atoms with van der Waals surface area (Å²) in [6, 6.07) is 3.34. The monoisotopic (exact) mass is 538 g/mol. The lowest BCUT2D eigenvalue weighted by Gasteiger charge is -2.64. The van der Waals surface area contributed by atoms with Crippen LogP contribution in [-0.4, -0.2) is 52.8 Å². The van der Waals surface area contributed by atoms with E-state index in [1.807, 2.05) is 30.0 Å². The van der Waals surface area contributed by atoms with Gasteiger partial charge in [0, 0.05) is 41.4 Å². The average molecular weight is 538 g/mol. The zero-order chi connectivity index (χ0) is 28.5. The normalized spacial score (nSPS) is 39.5. The maximum absolute atomic E-state index is 13.9. The molecule has 0 saturated heterocycles. The largest absolute Gasteiger partial charge is 0.492 e. The summed E-state index contributed by atoms with van der Waals surface area (Å²) >= 11 is 0. The highest BCUT2D eigenvalue weighted by molar-refractivity contribution is 6.62. The summed E-state index contributed by atoms with van der Waals surface area (Å²) < 4.78 is 5.49. The zero-order valence-electron chi connectivity index (χ0n) is 23.7. The van der Waals surface area contributed by atoms with Crippen molar-refractivity contribution in [1.29, 1.82) is 0 Å². The number of carbonyl (C=O) groups is 2. The number of hydrogen-bond acceptors (Lipinski definition) is 7. The van der Waals surface area contributed by atoms with Gasteiger partial charge in [-0.1, -0.05) is 39.8 Å². The molecular weight excluding hydrogens is 495 g/mol. The van der Waals surface area contributed by atoms with Gasteiger partial charge in [-0.15, -0.1) is 6.58 Å². The number of aliphatic hydroxyl groups excluding tert-OH is 1. The second-order valence-electron chi connectivity index (χ2n) is 13.1. The molecule has 39 heavy (non-hydrogen) atoms. The van der Waals surface area contributed by atoms with Gasteiger partial charge in [-0.2, -0.15) is 0 Å². The van der Waals surface area contributed by atoms with Gasteiger partial charge in [0.25, 0.3) is 0 Å². The van der Waals surface area contributed by atoms with E-state index < -0.39 is 36.1 Å². The molecule has 1 aliphatic heterocycles. The smallest absolute Gasteiger partial charge is 0.480 e. The molecule has 0 aromatic heterocycles. The fourth-order valence-electron chi connectivity index (χ4n) is 9.19. The van der Waals surface area contributed by atoms with Crippen LogP contribution in [0.5, 0.6) is 0 Å². The Morgan fingerprint density at radius 2 is 2.03 bits per heavy atom. The molecule has 1 aromatic carbocycles. The van der Waals surface area contributed by atoms with Crippen molar-refractivity contribution in [2.45, 2.75) is 85.1 Å². The van der Waals surface area contributed by atoms with Crippen molar-refractivity contribution in [3.05, 3.63) is 35.9 Å². The van der Waals surface area contributed by atoms with Crippen molar-refractivity contribution < 1.29 is 29.5 Å². The molecule has 8 atom stereocenters. The van der Waals surface area contributed by atoms with Crippen LogP contribution in [0.4, 0.5) is 5.69 Å². The number of anilines is 1. The Hall–Kier alpha value is -2.20. The quantitative estimate of drug-likeness (QED) is 0.321. The van der Waals surface area contributed by atoms with Gasteiger partial charge >= 0.3 is 13.1 Å². The van der Waals surface area contributed by atoms with Crippen LogP contribution >= 0.6 is 0 Å². The van der Waals surface area contributed by atoms with Crippen LogP contribution in [0.2, 0.25) is 0 Å². The molecule has 9 heteroatoms. The van der Waals surface area contributed by atoms with Crippen LogP contribution in [0.15, 0.2) is 24.8 Å². The second-order valence-corrected chi connectivity index (χ2v) is 13.1. The third-order valence-corrected chi connectivity index (χ3v) is 11.6. The SMILES string of the molecule is C=C[C@]1(C)C[C@@H](N(CC(=O)O)c2ccc3c(c2CN)B(O)OC3)[C@]2(C)[C@H](C)CC[C@]3(CCC(=O)[C@H]32)[C@@H](C)[C@@H]1O. The molecule has 5 rings (SSSR count). The van der Waals surface area contributed by atoms with Crippen molar-refractivity contribution >= 4 is 30.0 Å². The van der Waals surface area contributed by atoms with Gasteiger partial charge in [0.2, 0.25) is 0 Å². The van der Waals surface area contributed by atoms with Crippen LogP contribution in [0.3, 0.4) is 0 Å². The number of rotatable bonds is 6. The summed E-state index contributed by atoms with van der Waals surface area (Å²) in [6.07, 6.45) is 4.51. The highest BCUT2D eigenvalue weighted by Gasteiger charge is 2.68. The minimum atomic E-state index is -1.13. The van der Waals surface area contributed by atoms with E-state index >= 15 is 0 Å². The van der Waals surface area contributed by atoms with Crippen molar-refractivity contribution in [1.82, 2.24) is 0 Å². The van der Waals surface area contributed by atoms with Gasteiger partial charge in [0.1, 0.15) is 12.3 Å². The molecule has 4 aliphatic rings. The van der Waals surface area contributed by atoms with E-state index in [9.17, 15) is 24.8 Å². The number of carboxylic acid groups (broad SMARTS) is 1. The second kappa shape index (κ2) is 9.72. The lowest BCUT2D eigenvalue weighted by Crippen LogP contribution is -2.66. The Morgan fingerprint density at radius 3 is 2.67 bits per heavy atom. The molecule has 3 aliphatic carbocycles. The van der Waals surface area contributed by atoms with Gasteiger partial charge in [-0.25, -0.2) is 0 Å².